The van der Waals surface area contributed by atoms with Gasteiger partial charge in [-0.3, -0.25) is 10.1 Å². The molecule has 2 aromatic rings. The molecule has 1 aromatic heterocycles. The Morgan fingerprint density at radius 3 is 2.58 bits per heavy atom. The van der Waals surface area contributed by atoms with Crippen molar-refractivity contribution in [1.29, 1.82) is 0 Å². The average Bonchev–Trinajstić information content (AvgIpc) is 3.01. The summed E-state index contributed by atoms with van der Waals surface area (Å²) in [6.45, 7) is 1.99. The molecular weight excluding hydrogens is 336 g/mol. The molecule has 10 heteroatoms. The van der Waals surface area contributed by atoms with Crippen molar-refractivity contribution in [3.63, 3.8) is 0 Å². The summed E-state index contributed by atoms with van der Waals surface area (Å²) in [7, 11) is -3.80. The standard InChI is InChI=1S/C14H16N4O5S/c1-10-15-14(16-23-10)13-4-2-3-9-17(13)24(21,22)12-7-5-11(6-8-12)18(19)20/h5-8,13H,2-4,9H2,1H3. The fourth-order valence-corrected chi connectivity index (χ4v) is 4.43. The first-order valence-corrected chi connectivity index (χ1v) is 8.90. The highest BCUT2D eigenvalue weighted by Gasteiger charge is 2.37. The van der Waals surface area contributed by atoms with Gasteiger partial charge in [0.2, 0.25) is 15.9 Å². The number of aromatic nitrogens is 2. The Morgan fingerprint density at radius 1 is 1.29 bits per heavy atom. The monoisotopic (exact) mass is 352 g/mol. The summed E-state index contributed by atoms with van der Waals surface area (Å²) in [5.74, 6) is 0.723. The predicted molar refractivity (Wildman–Crippen MR) is 82.6 cm³/mol. The third-order valence-corrected chi connectivity index (χ3v) is 5.87. The van der Waals surface area contributed by atoms with E-state index in [0.29, 0.717) is 24.7 Å². The van der Waals surface area contributed by atoms with E-state index in [-0.39, 0.29) is 10.6 Å². The zero-order chi connectivity index (χ0) is 17.3. The van der Waals surface area contributed by atoms with Crippen LogP contribution in [0.15, 0.2) is 33.7 Å². The molecule has 24 heavy (non-hydrogen) atoms. The molecule has 128 valence electrons. The molecular formula is C14H16N4O5S. The van der Waals surface area contributed by atoms with E-state index in [4.69, 9.17) is 4.52 Å². The third kappa shape index (κ3) is 3.02. The number of non-ortho nitro benzene ring substituents is 1. The van der Waals surface area contributed by atoms with Crippen molar-refractivity contribution < 1.29 is 17.9 Å². The second-order valence-corrected chi connectivity index (χ2v) is 7.44. The molecule has 0 amide bonds. The van der Waals surface area contributed by atoms with E-state index in [1.54, 1.807) is 6.92 Å². The van der Waals surface area contributed by atoms with Crippen molar-refractivity contribution >= 4 is 15.7 Å². The molecule has 1 fully saturated rings. The molecule has 1 aromatic carbocycles. The molecule has 9 nitrogen and oxygen atoms in total. The summed E-state index contributed by atoms with van der Waals surface area (Å²) in [6, 6.07) is 4.38. The molecule has 0 bridgehead atoms. The van der Waals surface area contributed by atoms with Crippen LogP contribution in [0.5, 0.6) is 0 Å². The Balaban J connectivity index is 1.95. The Labute approximate surface area is 138 Å². The lowest BCUT2D eigenvalue weighted by atomic mass is 10.0. The molecule has 0 saturated carbocycles. The van der Waals surface area contributed by atoms with E-state index in [0.717, 1.165) is 12.8 Å². The fraction of sp³-hybridized carbons (Fsp3) is 0.429. The number of hydrogen-bond donors (Lipinski definition) is 0. The van der Waals surface area contributed by atoms with Gasteiger partial charge >= 0.3 is 0 Å². The van der Waals surface area contributed by atoms with E-state index in [1.807, 2.05) is 0 Å². The van der Waals surface area contributed by atoms with Crippen LogP contribution in [-0.4, -0.2) is 34.3 Å². The van der Waals surface area contributed by atoms with Gasteiger partial charge in [0.1, 0.15) is 0 Å². The van der Waals surface area contributed by atoms with Gasteiger partial charge in [0.15, 0.2) is 5.82 Å². The molecule has 1 atom stereocenters. The topological polar surface area (TPSA) is 119 Å². The fourth-order valence-electron chi connectivity index (χ4n) is 2.78. The maximum absolute atomic E-state index is 12.9. The van der Waals surface area contributed by atoms with Gasteiger partial charge in [0.25, 0.3) is 5.69 Å². The van der Waals surface area contributed by atoms with Crippen molar-refractivity contribution in [3.05, 3.63) is 46.1 Å². The van der Waals surface area contributed by atoms with Crippen molar-refractivity contribution in [1.82, 2.24) is 14.4 Å². The van der Waals surface area contributed by atoms with Crippen LogP contribution in [0.25, 0.3) is 0 Å². The van der Waals surface area contributed by atoms with Gasteiger partial charge in [-0.2, -0.15) is 9.29 Å². The third-order valence-electron chi connectivity index (χ3n) is 3.95. The molecule has 1 aliphatic rings. The minimum atomic E-state index is -3.80. The van der Waals surface area contributed by atoms with Gasteiger partial charge in [-0.25, -0.2) is 8.42 Å². The lowest BCUT2D eigenvalue weighted by Gasteiger charge is -2.32. The SMILES string of the molecule is Cc1nc(C2CCCCN2S(=O)(=O)c2ccc([N+](=O)[O-])cc2)no1. The molecule has 3 rings (SSSR count). The van der Waals surface area contributed by atoms with Gasteiger partial charge in [-0.15, -0.1) is 0 Å². The normalized spacial score (nSPS) is 19.3. The highest BCUT2D eigenvalue weighted by Crippen LogP contribution is 2.34. The lowest BCUT2D eigenvalue weighted by Crippen LogP contribution is -2.39. The summed E-state index contributed by atoms with van der Waals surface area (Å²) >= 11 is 0. The zero-order valence-corrected chi connectivity index (χ0v) is 13.8. The highest BCUT2D eigenvalue weighted by molar-refractivity contribution is 7.89. The predicted octanol–water partition coefficient (Wildman–Crippen LogP) is 2.20. The van der Waals surface area contributed by atoms with Gasteiger partial charge in [0.05, 0.1) is 15.9 Å². The smallest absolute Gasteiger partial charge is 0.269 e. The molecule has 2 heterocycles. The first kappa shape index (κ1) is 16.5. The Kier molecular flexibility index (Phi) is 4.33. The van der Waals surface area contributed by atoms with Gasteiger partial charge in [-0.05, 0) is 25.0 Å². The van der Waals surface area contributed by atoms with Crippen LogP contribution in [0.3, 0.4) is 0 Å². The first-order chi connectivity index (χ1) is 11.4. The molecule has 0 spiro atoms. The van der Waals surface area contributed by atoms with Crippen LogP contribution in [-0.2, 0) is 10.0 Å². The number of nitrogens with zero attached hydrogens (tertiary/aromatic N) is 4. The zero-order valence-electron chi connectivity index (χ0n) is 13.0. The molecule has 1 aliphatic heterocycles. The van der Waals surface area contributed by atoms with Gasteiger partial charge < -0.3 is 4.52 Å². The van der Waals surface area contributed by atoms with E-state index in [9.17, 15) is 18.5 Å². The minimum absolute atomic E-state index is 0.0141. The summed E-state index contributed by atoms with van der Waals surface area (Å²) < 4.78 is 32.2. The number of rotatable bonds is 4. The number of benzene rings is 1. The van der Waals surface area contributed by atoms with Crippen LogP contribution in [0, 0.1) is 17.0 Å². The lowest BCUT2D eigenvalue weighted by molar-refractivity contribution is -0.384. The van der Waals surface area contributed by atoms with Gasteiger partial charge in [-0.1, -0.05) is 11.6 Å². The van der Waals surface area contributed by atoms with Crippen molar-refractivity contribution in [2.45, 2.75) is 37.1 Å². The Morgan fingerprint density at radius 2 is 2.00 bits per heavy atom. The number of nitro benzene ring substituents is 1. The molecule has 1 unspecified atom stereocenters. The Bertz CT molecular complexity index is 846. The van der Waals surface area contributed by atoms with Crippen molar-refractivity contribution in [2.75, 3.05) is 6.54 Å². The van der Waals surface area contributed by atoms with E-state index in [1.165, 1.54) is 28.6 Å². The first-order valence-electron chi connectivity index (χ1n) is 7.46. The van der Waals surface area contributed by atoms with E-state index >= 15 is 0 Å². The van der Waals surface area contributed by atoms with Crippen LogP contribution in [0.1, 0.15) is 37.0 Å². The number of nitro groups is 1. The van der Waals surface area contributed by atoms with Crippen LogP contribution >= 0.6 is 0 Å². The average molecular weight is 352 g/mol. The quantitative estimate of drug-likeness (QED) is 0.611. The van der Waals surface area contributed by atoms with E-state index < -0.39 is 21.0 Å². The number of sulfonamides is 1. The second-order valence-electron chi connectivity index (χ2n) is 5.55. The minimum Gasteiger partial charge on any atom is -0.340 e. The van der Waals surface area contributed by atoms with Crippen LogP contribution < -0.4 is 0 Å². The molecule has 0 aliphatic carbocycles. The van der Waals surface area contributed by atoms with Gasteiger partial charge in [0, 0.05) is 25.6 Å². The Hall–Kier alpha value is -2.33. The maximum Gasteiger partial charge on any atom is 0.269 e. The number of piperidine rings is 1. The van der Waals surface area contributed by atoms with E-state index in [2.05, 4.69) is 10.1 Å². The number of aryl methyl sites for hydroxylation is 1. The van der Waals surface area contributed by atoms with Crippen LogP contribution in [0.2, 0.25) is 0 Å². The summed E-state index contributed by atoms with van der Waals surface area (Å²) in [5.41, 5.74) is -0.155. The van der Waals surface area contributed by atoms with Crippen molar-refractivity contribution in [2.24, 2.45) is 0 Å². The van der Waals surface area contributed by atoms with Crippen LogP contribution in [0.4, 0.5) is 5.69 Å². The maximum atomic E-state index is 12.9. The molecule has 0 N–H and O–H groups in total. The molecule has 0 radical (unpaired) electrons. The summed E-state index contributed by atoms with van der Waals surface area (Å²) in [4.78, 5) is 14.3. The highest BCUT2D eigenvalue weighted by atomic mass is 32.2. The molecule has 1 saturated heterocycles. The summed E-state index contributed by atoms with van der Waals surface area (Å²) in [6.07, 6.45) is 2.20. The number of hydrogen-bond acceptors (Lipinski definition) is 7. The largest absolute Gasteiger partial charge is 0.340 e. The second kappa shape index (κ2) is 6.29. The summed E-state index contributed by atoms with van der Waals surface area (Å²) in [5, 5.41) is 14.6. The van der Waals surface area contributed by atoms with Crippen molar-refractivity contribution in [3.8, 4) is 0 Å².